The van der Waals surface area contributed by atoms with Gasteiger partial charge in [0.15, 0.2) is 11.6 Å². The largest absolute Gasteiger partial charge is 0.423 e. The average molecular weight is 352 g/mol. The summed E-state index contributed by atoms with van der Waals surface area (Å²) in [6.07, 6.45) is 5.97. The van der Waals surface area contributed by atoms with Crippen molar-refractivity contribution in [3.8, 4) is 5.75 Å². The van der Waals surface area contributed by atoms with Crippen LogP contribution in [-0.2, 0) is 6.42 Å². The molecule has 2 nitrogen and oxygen atoms in total. The Labute approximate surface area is 150 Å². The highest BCUT2D eigenvalue weighted by Crippen LogP contribution is 2.25. The van der Waals surface area contributed by atoms with E-state index in [9.17, 15) is 13.6 Å². The molecule has 3 aromatic carbocycles. The first-order valence-electron chi connectivity index (χ1n) is 8.38. The van der Waals surface area contributed by atoms with E-state index in [4.69, 9.17) is 4.74 Å². The van der Waals surface area contributed by atoms with Gasteiger partial charge in [-0.05, 0) is 67.1 Å². The van der Waals surface area contributed by atoms with Crippen LogP contribution in [0, 0.1) is 11.6 Å². The normalized spacial score (nSPS) is 11.2. The molecule has 0 aliphatic carbocycles. The second-order valence-corrected chi connectivity index (χ2v) is 5.94. The lowest BCUT2D eigenvalue weighted by atomic mass is 10.1. The zero-order chi connectivity index (χ0) is 18.5. The van der Waals surface area contributed by atoms with E-state index >= 15 is 0 Å². The van der Waals surface area contributed by atoms with Gasteiger partial charge in [-0.15, -0.1) is 0 Å². The van der Waals surface area contributed by atoms with Gasteiger partial charge in [0.1, 0.15) is 5.75 Å². The van der Waals surface area contributed by atoms with Crippen LogP contribution in [0.1, 0.15) is 29.3 Å². The van der Waals surface area contributed by atoms with Gasteiger partial charge in [-0.1, -0.05) is 30.4 Å². The Kier molecular flexibility index (Phi) is 5.42. The summed E-state index contributed by atoms with van der Waals surface area (Å²) in [5.41, 5.74) is 1.58. The Morgan fingerprint density at radius 2 is 1.81 bits per heavy atom. The maximum Gasteiger partial charge on any atom is 0.343 e. The number of ether oxygens (including phenoxy) is 1. The van der Waals surface area contributed by atoms with Gasteiger partial charge in [0.05, 0.1) is 5.56 Å². The van der Waals surface area contributed by atoms with E-state index in [-0.39, 0.29) is 11.1 Å². The maximum atomic E-state index is 13.7. The molecule has 26 heavy (non-hydrogen) atoms. The first-order valence-corrected chi connectivity index (χ1v) is 8.38. The topological polar surface area (TPSA) is 26.3 Å². The lowest BCUT2D eigenvalue weighted by molar-refractivity contribution is 0.0735. The molecule has 0 aliphatic rings. The molecule has 4 heteroatoms. The fraction of sp³-hybridized carbons (Fsp3) is 0.136. The molecule has 0 atom stereocenters. The van der Waals surface area contributed by atoms with E-state index in [0.717, 1.165) is 24.5 Å². The van der Waals surface area contributed by atoms with Crippen LogP contribution >= 0.6 is 0 Å². The third-order valence-corrected chi connectivity index (χ3v) is 4.11. The zero-order valence-electron chi connectivity index (χ0n) is 14.3. The Morgan fingerprint density at radius 1 is 1.04 bits per heavy atom. The fourth-order valence-electron chi connectivity index (χ4n) is 2.70. The van der Waals surface area contributed by atoms with Crippen molar-refractivity contribution in [1.82, 2.24) is 0 Å². The van der Waals surface area contributed by atoms with Crippen LogP contribution in [0.15, 0.2) is 66.7 Å². The number of esters is 1. The van der Waals surface area contributed by atoms with Crippen molar-refractivity contribution in [2.75, 3.05) is 0 Å². The number of benzene rings is 3. The smallest absolute Gasteiger partial charge is 0.343 e. The summed E-state index contributed by atoms with van der Waals surface area (Å²) in [6, 6.07) is 14.1. The van der Waals surface area contributed by atoms with Crippen LogP contribution in [-0.4, -0.2) is 5.97 Å². The van der Waals surface area contributed by atoms with E-state index in [0.29, 0.717) is 10.9 Å². The summed E-state index contributed by atoms with van der Waals surface area (Å²) in [5.74, 6) is -2.02. The van der Waals surface area contributed by atoms with Crippen molar-refractivity contribution < 1.29 is 18.3 Å². The number of carbonyl (C=O) groups is 1. The number of carbonyl (C=O) groups excluding carboxylic acids is 1. The predicted molar refractivity (Wildman–Crippen MR) is 98.4 cm³/mol. The van der Waals surface area contributed by atoms with E-state index in [1.165, 1.54) is 24.3 Å². The quantitative estimate of drug-likeness (QED) is 0.327. The molecular weight excluding hydrogens is 334 g/mol. The Hall–Kier alpha value is -3.01. The minimum absolute atomic E-state index is 0.148. The molecule has 0 radical (unpaired) electrons. The van der Waals surface area contributed by atoms with Crippen LogP contribution in [0.25, 0.3) is 10.8 Å². The van der Waals surface area contributed by atoms with Gasteiger partial charge in [-0.2, -0.15) is 0 Å². The van der Waals surface area contributed by atoms with E-state index in [1.807, 2.05) is 25.1 Å². The molecule has 0 saturated carbocycles. The predicted octanol–water partition coefficient (Wildman–Crippen LogP) is 5.85. The Balaban J connectivity index is 1.73. The van der Waals surface area contributed by atoms with Gasteiger partial charge in [0.25, 0.3) is 0 Å². The number of rotatable bonds is 5. The molecule has 0 aromatic heterocycles. The second-order valence-electron chi connectivity index (χ2n) is 5.94. The van der Waals surface area contributed by atoms with Crippen LogP contribution in [0.5, 0.6) is 5.75 Å². The third kappa shape index (κ3) is 3.97. The molecule has 0 N–H and O–H groups in total. The molecule has 3 aromatic rings. The van der Waals surface area contributed by atoms with Crippen molar-refractivity contribution in [2.24, 2.45) is 0 Å². The van der Waals surface area contributed by atoms with Crippen molar-refractivity contribution >= 4 is 16.7 Å². The van der Waals surface area contributed by atoms with Crippen molar-refractivity contribution in [3.05, 3.63) is 89.5 Å². The van der Waals surface area contributed by atoms with Gasteiger partial charge in [-0.3, -0.25) is 0 Å². The molecule has 0 aliphatic heterocycles. The minimum Gasteiger partial charge on any atom is -0.423 e. The van der Waals surface area contributed by atoms with Gasteiger partial charge in [-0.25, -0.2) is 13.6 Å². The molecule has 0 heterocycles. The fourth-order valence-corrected chi connectivity index (χ4v) is 2.70. The number of halogens is 2. The molecule has 0 saturated heterocycles. The summed E-state index contributed by atoms with van der Waals surface area (Å²) >= 11 is 0. The van der Waals surface area contributed by atoms with E-state index in [2.05, 4.69) is 6.08 Å². The average Bonchev–Trinajstić information content (AvgIpc) is 2.65. The molecule has 0 unspecified atom stereocenters. The molecular formula is C22H18F2O2. The second kappa shape index (κ2) is 7.91. The number of fused-ring (bicyclic) bond motifs is 1. The highest BCUT2D eigenvalue weighted by Gasteiger charge is 2.11. The van der Waals surface area contributed by atoms with Gasteiger partial charge < -0.3 is 4.74 Å². The van der Waals surface area contributed by atoms with Crippen LogP contribution < -0.4 is 4.74 Å². The first-order chi connectivity index (χ1) is 12.6. The lowest BCUT2D eigenvalue weighted by Gasteiger charge is -2.07. The van der Waals surface area contributed by atoms with Gasteiger partial charge >= 0.3 is 5.97 Å². The molecule has 0 fully saturated rings. The molecule has 0 bridgehead atoms. The molecule has 0 amide bonds. The lowest BCUT2D eigenvalue weighted by Crippen LogP contribution is -2.08. The highest BCUT2D eigenvalue weighted by atomic mass is 19.2. The van der Waals surface area contributed by atoms with Crippen molar-refractivity contribution in [1.29, 1.82) is 0 Å². The van der Waals surface area contributed by atoms with E-state index < -0.39 is 17.6 Å². The Bertz CT molecular complexity index is 960. The third-order valence-electron chi connectivity index (χ3n) is 4.11. The highest BCUT2D eigenvalue weighted by molar-refractivity contribution is 5.92. The molecule has 0 spiro atoms. The minimum atomic E-state index is -0.908. The standard InChI is InChI=1S/C22H18F2O2/c1-2-3-4-5-15-6-8-16(9-7-15)22(25)26-18-11-12-19-17(14-18)10-13-20(23)21(19)24/h2-3,6-14H,4-5H2,1H3/b3-2+. The summed E-state index contributed by atoms with van der Waals surface area (Å²) in [6.45, 7) is 1.98. The zero-order valence-corrected chi connectivity index (χ0v) is 14.3. The summed E-state index contributed by atoms with van der Waals surface area (Å²) in [5, 5.41) is 0.615. The van der Waals surface area contributed by atoms with Crippen molar-refractivity contribution in [3.63, 3.8) is 0 Å². The van der Waals surface area contributed by atoms with Gasteiger partial charge in [0.2, 0.25) is 0 Å². The summed E-state index contributed by atoms with van der Waals surface area (Å²) in [4.78, 5) is 12.3. The number of allylic oxidation sites excluding steroid dienone is 2. The van der Waals surface area contributed by atoms with Crippen LogP contribution in [0.2, 0.25) is 0 Å². The summed E-state index contributed by atoms with van der Waals surface area (Å²) < 4.78 is 32.3. The summed E-state index contributed by atoms with van der Waals surface area (Å²) in [7, 11) is 0. The molecule has 3 rings (SSSR count). The van der Waals surface area contributed by atoms with E-state index in [1.54, 1.807) is 12.1 Å². The number of hydrogen-bond acceptors (Lipinski definition) is 2. The monoisotopic (exact) mass is 352 g/mol. The van der Waals surface area contributed by atoms with Crippen LogP contribution in [0.4, 0.5) is 8.78 Å². The Morgan fingerprint density at radius 3 is 2.54 bits per heavy atom. The number of hydrogen-bond donors (Lipinski definition) is 0. The van der Waals surface area contributed by atoms with Crippen LogP contribution in [0.3, 0.4) is 0 Å². The van der Waals surface area contributed by atoms with Crippen molar-refractivity contribution in [2.45, 2.75) is 19.8 Å². The first kappa shape index (κ1) is 17.8. The maximum absolute atomic E-state index is 13.7. The SMILES string of the molecule is C/C=C/CCc1ccc(C(=O)Oc2ccc3c(F)c(F)ccc3c2)cc1. The number of aryl methyl sites for hydroxylation is 1. The van der Waals surface area contributed by atoms with Gasteiger partial charge in [0, 0.05) is 5.39 Å². The molecule has 132 valence electrons.